The van der Waals surface area contributed by atoms with E-state index >= 15 is 0 Å². The number of amidine groups is 1. The zero-order chi connectivity index (χ0) is 10.3. The van der Waals surface area contributed by atoms with Crippen molar-refractivity contribution in [1.29, 1.82) is 0 Å². The molecule has 0 unspecified atom stereocenters. The van der Waals surface area contributed by atoms with Gasteiger partial charge in [0.25, 0.3) is 0 Å². The maximum absolute atomic E-state index is 10.8. The van der Waals surface area contributed by atoms with Crippen molar-refractivity contribution in [3.63, 3.8) is 0 Å². The first kappa shape index (κ1) is 11.1. The van der Waals surface area contributed by atoms with Crippen LogP contribution < -0.4 is 0 Å². The van der Waals surface area contributed by atoms with E-state index in [0.29, 0.717) is 0 Å². The molecule has 0 aromatic carbocycles. The van der Waals surface area contributed by atoms with Crippen LogP contribution in [0.3, 0.4) is 0 Å². The molecule has 0 saturated heterocycles. The average molecular weight is 184 g/mol. The second-order valence-electron chi connectivity index (χ2n) is 1.83. The van der Waals surface area contributed by atoms with Gasteiger partial charge in [0, 0.05) is 6.92 Å². The first-order valence-corrected chi connectivity index (χ1v) is 3.42. The fourth-order valence-corrected chi connectivity index (χ4v) is 0.406. The fraction of sp³-hybridized carbons (Fsp3) is 0.429. The minimum atomic E-state index is -0.904. The molecule has 0 rings (SSSR count). The monoisotopic (exact) mass is 184 g/mol. The molecule has 0 atom stereocenters. The molecule has 0 aromatic rings. The van der Waals surface area contributed by atoms with Gasteiger partial charge >= 0.3 is 17.8 Å². The van der Waals surface area contributed by atoms with Crippen LogP contribution in [0, 0.1) is 6.57 Å². The minimum absolute atomic E-state index is 0.132. The number of nitrogens with zero attached hydrogens (tertiary/aromatic N) is 2. The molecule has 0 spiro atoms. The first-order chi connectivity index (χ1) is 6.11. The summed E-state index contributed by atoms with van der Waals surface area (Å²) in [7, 11) is 0. The summed E-state index contributed by atoms with van der Waals surface area (Å²) in [6.45, 7) is 9.34. The Kier molecular flexibility index (Phi) is 4.88. The Bertz CT molecular complexity index is 277. The van der Waals surface area contributed by atoms with Crippen molar-refractivity contribution in [2.45, 2.75) is 13.8 Å². The van der Waals surface area contributed by atoms with E-state index in [4.69, 9.17) is 6.57 Å². The lowest BCUT2D eigenvalue weighted by Crippen LogP contribution is -2.14. The standard InChI is InChI=1S/C7H8N2O4/c1-4-12-7(11)6(8-3)9-13-5(2)10/h4H2,1-2H3. The van der Waals surface area contributed by atoms with E-state index in [1.165, 1.54) is 0 Å². The Morgan fingerprint density at radius 1 is 1.54 bits per heavy atom. The molecule has 13 heavy (non-hydrogen) atoms. The third-order valence-corrected chi connectivity index (χ3v) is 0.825. The van der Waals surface area contributed by atoms with Crippen LogP contribution in [0.5, 0.6) is 0 Å². The molecule has 0 aromatic heterocycles. The van der Waals surface area contributed by atoms with Crippen molar-refractivity contribution in [2.75, 3.05) is 6.61 Å². The zero-order valence-electron chi connectivity index (χ0n) is 7.23. The predicted molar refractivity (Wildman–Crippen MR) is 42.4 cm³/mol. The van der Waals surface area contributed by atoms with Crippen LogP contribution in [-0.4, -0.2) is 24.4 Å². The molecule has 6 nitrogen and oxygen atoms in total. The number of ether oxygens (including phenoxy) is 1. The lowest BCUT2D eigenvalue weighted by atomic mass is 10.6. The Morgan fingerprint density at radius 2 is 2.15 bits per heavy atom. The van der Waals surface area contributed by atoms with E-state index in [1.54, 1.807) is 6.92 Å². The summed E-state index contributed by atoms with van der Waals surface area (Å²) < 4.78 is 4.45. The second-order valence-corrected chi connectivity index (χ2v) is 1.83. The highest BCUT2D eigenvalue weighted by Crippen LogP contribution is 1.89. The van der Waals surface area contributed by atoms with Crippen LogP contribution >= 0.6 is 0 Å². The molecule has 0 bridgehead atoms. The van der Waals surface area contributed by atoms with Crippen molar-refractivity contribution in [3.05, 3.63) is 11.4 Å². The van der Waals surface area contributed by atoms with Gasteiger partial charge in [-0.1, -0.05) is 6.57 Å². The lowest BCUT2D eigenvalue weighted by molar-refractivity contribution is -0.141. The summed E-state index contributed by atoms with van der Waals surface area (Å²) in [6, 6.07) is 0. The maximum Gasteiger partial charge on any atom is 0.399 e. The molecule has 0 saturated carbocycles. The highest BCUT2D eigenvalue weighted by atomic mass is 16.7. The zero-order valence-corrected chi connectivity index (χ0v) is 7.23. The van der Waals surface area contributed by atoms with E-state index in [9.17, 15) is 9.59 Å². The molecule has 0 heterocycles. The van der Waals surface area contributed by atoms with Crippen LogP contribution in [0.25, 0.3) is 4.85 Å². The van der Waals surface area contributed by atoms with Gasteiger partial charge in [-0.2, -0.15) is 0 Å². The second kappa shape index (κ2) is 5.71. The van der Waals surface area contributed by atoms with Crippen LogP contribution in [0.2, 0.25) is 0 Å². The highest BCUT2D eigenvalue weighted by molar-refractivity contribution is 6.39. The van der Waals surface area contributed by atoms with Crippen LogP contribution in [0.15, 0.2) is 5.16 Å². The number of hydrogen-bond donors (Lipinski definition) is 0. The molecule has 0 aliphatic carbocycles. The van der Waals surface area contributed by atoms with Gasteiger partial charge in [0.05, 0.1) is 11.8 Å². The van der Waals surface area contributed by atoms with Crippen molar-refractivity contribution < 1.29 is 19.2 Å². The molecule has 0 N–H and O–H groups in total. The van der Waals surface area contributed by atoms with E-state index < -0.39 is 17.8 Å². The summed E-state index contributed by atoms with van der Waals surface area (Å²) in [4.78, 5) is 27.9. The number of esters is 1. The van der Waals surface area contributed by atoms with Crippen LogP contribution in [0.4, 0.5) is 0 Å². The van der Waals surface area contributed by atoms with Crippen molar-refractivity contribution in [1.82, 2.24) is 0 Å². The molecule has 0 amide bonds. The third kappa shape index (κ3) is 4.53. The molecular formula is C7H8N2O4. The average Bonchev–Trinajstić information content (AvgIpc) is 2.05. The molecule has 0 radical (unpaired) electrons. The van der Waals surface area contributed by atoms with Gasteiger partial charge in [-0.15, -0.1) is 0 Å². The topological polar surface area (TPSA) is 69.3 Å². The van der Waals surface area contributed by atoms with E-state index in [1.807, 2.05) is 0 Å². The quantitative estimate of drug-likeness (QED) is 0.155. The smallest absolute Gasteiger partial charge is 0.399 e. The third-order valence-electron chi connectivity index (χ3n) is 0.825. The van der Waals surface area contributed by atoms with Crippen molar-refractivity contribution in [2.24, 2.45) is 5.16 Å². The van der Waals surface area contributed by atoms with Gasteiger partial charge in [0.15, 0.2) is 0 Å². The Morgan fingerprint density at radius 3 is 2.54 bits per heavy atom. The molecule has 0 aliphatic heterocycles. The fourth-order valence-electron chi connectivity index (χ4n) is 0.406. The maximum atomic E-state index is 10.8. The van der Waals surface area contributed by atoms with Crippen molar-refractivity contribution >= 4 is 17.8 Å². The summed E-state index contributed by atoms with van der Waals surface area (Å²) >= 11 is 0. The van der Waals surface area contributed by atoms with E-state index in [0.717, 1.165) is 6.92 Å². The summed E-state index contributed by atoms with van der Waals surface area (Å²) in [5.41, 5.74) is 0. The number of rotatable bonds is 2. The Labute approximate surface area is 74.9 Å². The lowest BCUT2D eigenvalue weighted by Gasteiger charge is -1.96. The Balaban J connectivity index is 4.34. The molecular weight excluding hydrogens is 176 g/mol. The number of carbonyl (C=O) groups is 2. The largest absolute Gasteiger partial charge is 0.470 e. The highest BCUT2D eigenvalue weighted by Gasteiger charge is 2.14. The summed E-state index contributed by atoms with van der Waals surface area (Å²) in [5, 5.41) is 3.00. The van der Waals surface area contributed by atoms with Crippen LogP contribution in [-0.2, 0) is 19.2 Å². The molecule has 0 fully saturated rings. The number of carbonyl (C=O) groups excluding carboxylic acids is 2. The number of oxime groups is 1. The number of hydrogen-bond acceptors (Lipinski definition) is 5. The molecule has 6 heteroatoms. The molecule has 0 aliphatic rings. The van der Waals surface area contributed by atoms with Gasteiger partial charge in [-0.25, -0.2) is 9.63 Å². The Hall–Kier alpha value is -1.90. The van der Waals surface area contributed by atoms with Crippen LogP contribution in [0.1, 0.15) is 13.8 Å². The normalized spacial score (nSPS) is 10.1. The minimum Gasteiger partial charge on any atom is -0.470 e. The summed E-state index contributed by atoms with van der Waals surface area (Å²) in [5.74, 6) is -2.21. The SMILES string of the molecule is [C-]#[N+]C(=NOC(C)=O)C(=O)OCC. The van der Waals surface area contributed by atoms with E-state index in [-0.39, 0.29) is 6.61 Å². The van der Waals surface area contributed by atoms with Gasteiger partial charge < -0.3 is 9.58 Å². The first-order valence-electron chi connectivity index (χ1n) is 3.42. The molecule has 70 valence electrons. The summed E-state index contributed by atoms with van der Waals surface area (Å²) in [6.07, 6.45) is 0. The predicted octanol–water partition coefficient (Wildman–Crippen LogP) is 0.345. The van der Waals surface area contributed by atoms with Gasteiger partial charge in [0.1, 0.15) is 0 Å². The van der Waals surface area contributed by atoms with Crippen molar-refractivity contribution in [3.8, 4) is 0 Å². The van der Waals surface area contributed by atoms with Gasteiger partial charge in [0.2, 0.25) is 0 Å². The van der Waals surface area contributed by atoms with E-state index in [2.05, 4.69) is 19.6 Å². The van der Waals surface area contributed by atoms with Gasteiger partial charge in [-0.3, -0.25) is 4.79 Å². The van der Waals surface area contributed by atoms with Gasteiger partial charge in [-0.05, 0) is 6.92 Å².